The molecule has 17 heavy (non-hydrogen) atoms. The first kappa shape index (κ1) is 11.7. The van der Waals surface area contributed by atoms with Crippen molar-refractivity contribution in [2.45, 2.75) is 12.5 Å². The first-order valence-corrected chi connectivity index (χ1v) is 5.59. The SMILES string of the molecule is Nc1ccc(OCC(=O)N2CC[C@@H](O)C2)cc1. The van der Waals surface area contributed by atoms with Gasteiger partial charge in [0.15, 0.2) is 6.61 Å². The Morgan fingerprint density at radius 2 is 2.18 bits per heavy atom. The van der Waals surface area contributed by atoms with E-state index >= 15 is 0 Å². The molecule has 0 unspecified atom stereocenters. The number of amides is 1. The molecule has 1 saturated heterocycles. The van der Waals surface area contributed by atoms with Crippen molar-refractivity contribution < 1.29 is 14.6 Å². The van der Waals surface area contributed by atoms with E-state index in [1.807, 2.05) is 0 Å². The zero-order chi connectivity index (χ0) is 12.3. The van der Waals surface area contributed by atoms with Crippen LogP contribution in [0.2, 0.25) is 0 Å². The van der Waals surface area contributed by atoms with Crippen molar-refractivity contribution in [3.63, 3.8) is 0 Å². The van der Waals surface area contributed by atoms with Crippen molar-refractivity contribution in [2.24, 2.45) is 0 Å². The molecule has 1 fully saturated rings. The minimum absolute atomic E-state index is 0.00334. The Morgan fingerprint density at radius 1 is 1.47 bits per heavy atom. The number of carbonyl (C=O) groups excluding carboxylic acids is 1. The Bertz CT molecular complexity index is 391. The number of benzene rings is 1. The van der Waals surface area contributed by atoms with Crippen LogP contribution < -0.4 is 10.5 Å². The van der Waals surface area contributed by atoms with E-state index in [0.29, 0.717) is 30.9 Å². The van der Waals surface area contributed by atoms with Crippen molar-refractivity contribution in [1.29, 1.82) is 0 Å². The molecule has 0 saturated carbocycles. The van der Waals surface area contributed by atoms with Crippen molar-refractivity contribution in [2.75, 3.05) is 25.4 Å². The molecule has 0 spiro atoms. The first-order chi connectivity index (χ1) is 8.15. The van der Waals surface area contributed by atoms with Gasteiger partial charge < -0.3 is 20.5 Å². The third-order valence-electron chi connectivity index (χ3n) is 2.76. The lowest BCUT2D eigenvalue weighted by atomic mass is 10.3. The fraction of sp³-hybridized carbons (Fsp3) is 0.417. The van der Waals surface area contributed by atoms with Gasteiger partial charge in [0, 0.05) is 18.8 Å². The van der Waals surface area contributed by atoms with Crippen molar-refractivity contribution in [3.8, 4) is 5.75 Å². The maximum absolute atomic E-state index is 11.7. The molecule has 0 bridgehead atoms. The number of nitrogens with two attached hydrogens (primary N) is 1. The number of hydrogen-bond acceptors (Lipinski definition) is 4. The van der Waals surface area contributed by atoms with Crippen LogP contribution in [-0.4, -0.2) is 41.7 Å². The van der Waals surface area contributed by atoms with Crippen LogP contribution in [0.4, 0.5) is 5.69 Å². The zero-order valence-corrected chi connectivity index (χ0v) is 9.50. The second-order valence-corrected chi connectivity index (χ2v) is 4.14. The number of anilines is 1. The highest BCUT2D eigenvalue weighted by atomic mass is 16.5. The van der Waals surface area contributed by atoms with Crippen LogP contribution in [0.25, 0.3) is 0 Å². The van der Waals surface area contributed by atoms with Gasteiger partial charge in [0.2, 0.25) is 0 Å². The van der Waals surface area contributed by atoms with Gasteiger partial charge in [0.1, 0.15) is 5.75 Å². The van der Waals surface area contributed by atoms with Gasteiger partial charge in [-0.05, 0) is 30.7 Å². The van der Waals surface area contributed by atoms with Gasteiger partial charge in [-0.2, -0.15) is 0 Å². The maximum atomic E-state index is 11.7. The second-order valence-electron chi connectivity index (χ2n) is 4.14. The van der Waals surface area contributed by atoms with E-state index in [0.717, 1.165) is 0 Å². The predicted octanol–water partition coefficient (Wildman–Crippen LogP) is 0.241. The van der Waals surface area contributed by atoms with Crippen LogP contribution in [0.5, 0.6) is 5.75 Å². The number of likely N-dealkylation sites (tertiary alicyclic amines) is 1. The molecule has 5 nitrogen and oxygen atoms in total. The fourth-order valence-corrected chi connectivity index (χ4v) is 1.77. The summed E-state index contributed by atoms with van der Waals surface area (Å²) in [6.45, 7) is 1.01. The summed E-state index contributed by atoms with van der Waals surface area (Å²) in [6.07, 6.45) is 0.253. The van der Waals surface area contributed by atoms with Crippen molar-refractivity contribution in [3.05, 3.63) is 24.3 Å². The molecule has 92 valence electrons. The molecule has 1 atom stereocenters. The molecule has 3 N–H and O–H groups in total. The molecule has 0 aliphatic carbocycles. The van der Waals surface area contributed by atoms with E-state index in [2.05, 4.69) is 0 Å². The van der Waals surface area contributed by atoms with Gasteiger partial charge in [-0.15, -0.1) is 0 Å². The highest BCUT2D eigenvalue weighted by molar-refractivity contribution is 5.78. The predicted molar refractivity (Wildman–Crippen MR) is 63.6 cm³/mol. The molecular weight excluding hydrogens is 220 g/mol. The van der Waals surface area contributed by atoms with Crippen LogP contribution in [0.15, 0.2) is 24.3 Å². The van der Waals surface area contributed by atoms with Gasteiger partial charge in [-0.3, -0.25) is 4.79 Å². The number of rotatable bonds is 3. The van der Waals surface area contributed by atoms with Crippen LogP contribution in [0.1, 0.15) is 6.42 Å². The normalized spacial score (nSPS) is 19.4. The van der Waals surface area contributed by atoms with Crippen molar-refractivity contribution >= 4 is 11.6 Å². The minimum atomic E-state index is -0.393. The van der Waals surface area contributed by atoms with Crippen LogP contribution in [0, 0.1) is 0 Å². The molecule has 0 radical (unpaired) electrons. The summed E-state index contributed by atoms with van der Waals surface area (Å²) < 4.78 is 5.34. The maximum Gasteiger partial charge on any atom is 0.260 e. The molecule has 1 aliphatic rings. The smallest absolute Gasteiger partial charge is 0.260 e. The van der Waals surface area contributed by atoms with E-state index in [1.165, 1.54) is 0 Å². The fourth-order valence-electron chi connectivity index (χ4n) is 1.77. The van der Waals surface area contributed by atoms with Crippen molar-refractivity contribution in [1.82, 2.24) is 4.90 Å². The standard InChI is InChI=1S/C12H16N2O3/c13-9-1-3-11(4-2-9)17-8-12(16)14-6-5-10(15)7-14/h1-4,10,15H,5-8,13H2/t10-/m1/s1. The van der Waals surface area contributed by atoms with Crippen LogP contribution in [0.3, 0.4) is 0 Å². The summed E-state index contributed by atoms with van der Waals surface area (Å²) in [4.78, 5) is 13.3. The van der Waals surface area contributed by atoms with Gasteiger partial charge in [0.25, 0.3) is 5.91 Å². The molecule has 2 rings (SSSR count). The Hall–Kier alpha value is -1.75. The van der Waals surface area contributed by atoms with Gasteiger partial charge in [-0.25, -0.2) is 0 Å². The number of ether oxygens (including phenoxy) is 1. The Morgan fingerprint density at radius 3 is 2.76 bits per heavy atom. The summed E-state index contributed by atoms with van der Waals surface area (Å²) in [6, 6.07) is 6.89. The zero-order valence-electron chi connectivity index (χ0n) is 9.50. The third kappa shape index (κ3) is 3.10. The lowest BCUT2D eigenvalue weighted by Crippen LogP contribution is -2.33. The lowest BCUT2D eigenvalue weighted by Gasteiger charge is -2.15. The molecule has 1 aromatic carbocycles. The Labute approximate surface area is 99.8 Å². The number of nitrogen functional groups attached to an aromatic ring is 1. The lowest BCUT2D eigenvalue weighted by molar-refractivity contribution is -0.132. The van der Waals surface area contributed by atoms with E-state index in [-0.39, 0.29) is 12.5 Å². The largest absolute Gasteiger partial charge is 0.484 e. The summed E-state index contributed by atoms with van der Waals surface area (Å²) in [7, 11) is 0. The van der Waals surface area contributed by atoms with Gasteiger partial charge in [-0.1, -0.05) is 0 Å². The average Bonchev–Trinajstić information content (AvgIpc) is 2.75. The summed E-state index contributed by atoms with van der Waals surface area (Å²) >= 11 is 0. The van der Waals surface area contributed by atoms with Gasteiger partial charge in [0.05, 0.1) is 6.10 Å². The highest BCUT2D eigenvalue weighted by Gasteiger charge is 2.24. The van der Waals surface area contributed by atoms with Gasteiger partial charge >= 0.3 is 0 Å². The summed E-state index contributed by atoms with van der Waals surface area (Å²) in [5, 5.41) is 9.32. The third-order valence-corrected chi connectivity index (χ3v) is 2.76. The highest BCUT2D eigenvalue weighted by Crippen LogP contribution is 2.14. The average molecular weight is 236 g/mol. The monoisotopic (exact) mass is 236 g/mol. The Balaban J connectivity index is 1.82. The quantitative estimate of drug-likeness (QED) is 0.737. The summed E-state index contributed by atoms with van der Waals surface area (Å²) in [5.41, 5.74) is 6.20. The van der Waals surface area contributed by atoms with E-state index in [1.54, 1.807) is 29.2 Å². The van der Waals surface area contributed by atoms with Crippen LogP contribution >= 0.6 is 0 Å². The molecule has 0 aromatic heterocycles. The van der Waals surface area contributed by atoms with E-state index in [4.69, 9.17) is 10.5 Å². The van der Waals surface area contributed by atoms with E-state index in [9.17, 15) is 9.90 Å². The number of carbonyl (C=O) groups is 1. The van der Waals surface area contributed by atoms with Crippen LogP contribution in [-0.2, 0) is 4.79 Å². The molecule has 5 heteroatoms. The molecule has 1 aliphatic heterocycles. The number of aliphatic hydroxyl groups excluding tert-OH is 1. The molecular formula is C12H16N2O3. The number of hydrogen-bond donors (Lipinski definition) is 2. The molecule has 1 aromatic rings. The molecule has 1 amide bonds. The second kappa shape index (κ2) is 5.05. The number of nitrogens with zero attached hydrogens (tertiary/aromatic N) is 1. The Kier molecular flexibility index (Phi) is 3.49. The number of β-amino-alcohol motifs (C(OH)–C–C–N with tert-alkyl or cyclic N) is 1. The van der Waals surface area contributed by atoms with E-state index < -0.39 is 6.10 Å². The summed E-state index contributed by atoms with van der Waals surface area (Å²) in [5.74, 6) is 0.519. The minimum Gasteiger partial charge on any atom is -0.484 e. The topological polar surface area (TPSA) is 75.8 Å². The first-order valence-electron chi connectivity index (χ1n) is 5.59. The number of aliphatic hydroxyl groups is 1. The molecule has 1 heterocycles.